The summed E-state index contributed by atoms with van der Waals surface area (Å²) < 4.78 is 11.2. The van der Waals surface area contributed by atoms with Gasteiger partial charge in [0.05, 0.1) is 0 Å². The molecule has 1 unspecified atom stereocenters. The Morgan fingerprint density at radius 3 is 2.38 bits per heavy atom. The molecular weight excluding hydrogens is 411 g/mol. The minimum Gasteiger partial charge on any atom is -0.147 e. The van der Waals surface area contributed by atoms with Gasteiger partial charge in [-0.05, 0) is 0 Å². The first-order chi connectivity index (χ1) is 12.2. The molecule has 0 saturated heterocycles. The number of halogens is 1. The summed E-state index contributed by atoms with van der Waals surface area (Å²) in [5.41, 5.74) is 6.31. The van der Waals surface area contributed by atoms with Crippen LogP contribution in [0.2, 0.25) is 5.21 Å². The summed E-state index contributed by atoms with van der Waals surface area (Å²) in [5, 5.41) is 10.5. The number of allylic oxidation sites excluding steroid dienone is 1. The molecule has 138 valence electrons. The molecule has 2 aromatic rings. The minimum absolute atomic E-state index is 0. The second-order valence-corrected chi connectivity index (χ2v) is 6.79. The van der Waals surface area contributed by atoms with Gasteiger partial charge in [-0.3, -0.25) is 0 Å². The van der Waals surface area contributed by atoms with E-state index in [1.165, 1.54) is 27.8 Å². The van der Waals surface area contributed by atoms with Gasteiger partial charge in [0, 0.05) is 0 Å². The van der Waals surface area contributed by atoms with Crippen LogP contribution in [0, 0.1) is 0 Å². The molecule has 1 N–H and O–H groups in total. The van der Waals surface area contributed by atoms with Crippen LogP contribution < -0.4 is 9.47 Å². The normalized spacial score (nSPS) is 15.9. The molecule has 0 aromatic heterocycles. The van der Waals surface area contributed by atoms with Crippen molar-refractivity contribution in [3.05, 3.63) is 64.7 Å². The molecule has 3 rings (SSSR count). The number of ether oxygens (including phenoxy) is 2. The van der Waals surface area contributed by atoms with E-state index in [9.17, 15) is 5.11 Å². The maximum absolute atomic E-state index is 9.64. The Balaban J connectivity index is 0.00000243. The van der Waals surface area contributed by atoms with E-state index in [0.717, 1.165) is 23.1 Å². The van der Waals surface area contributed by atoms with Crippen LogP contribution in [-0.2, 0) is 6.42 Å². The maximum atomic E-state index is 9.64. The molecule has 0 aliphatic heterocycles. The summed E-state index contributed by atoms with van der Waals surface area (Å²) in [4.78, 5) is 0. The van der Waals surface area contributed by atoms with E-state index in [4.69, 9.17) is 9.47 Å². The van der Waals surface area contributed by atoms with Gasteiger partial charge in [-0.2, -0.15) is 0 Å². The quantitative estimate of drug-likeness (QED) is 0.693. The average molecular weight is 435 g/mol. The van der Waals surface area contributed by atoms with E-state index in [1.54, 1.807) is 14.2 Å². The summed E-state index contributed by atoms with van der Waals surface area (Å²) in [6.45, 7) is 0.164. The smallest absolute Gasteiger partial charge is 0.147 e. The predicted octanol–water partition coefficient (Wildman–Crippen LogP) is 4.19. The van der Waals surface area contributed by atoms with Crippen molar-refractivity contribution in [3.63, 3.8) is 0 Å². The van der Waals surface area contributed by atoms with Crippen molar-refractivity contribution in [2.24, 2.45) is 0 Å². The topological polar surface area (TPSA) is 38.7 Å². The van der Waals surface area contributed by atoms with E-state index in [-0.39, 0.29) is 24.9 Å². The molecule has 0 spiro atoms. The summed E-state index contributed by atoms with van der Waals surface area (Å²) >= 11 is 2.67. The molecule has 0 amide bonds. The van der Waals surface area contributed by atoms with Crippen LogP contribution in [-0.4, -0.2) is 42.8 Å². The van der Waals surface area contributed by atoms with Crippen LogP contribution in [0.5, 0.6) is 11.5 Å². The second-order valence-electron chi connectivity index (χ2n) is 6.13. The van der Waals surface area contributed by atoms with Gasteiger partial charge in [0.1, 0.15) is 0 Å². The van der Waals surface area contributed by atoms with Crippen molar-refractivity contribution in [3.8, 4) is 11.5 Å². The zero-order valence-electron chi connectivity index (χ0n) is 15.1. The molecule has 1 atom stereocenters. The Labute approximate surface area is 170 Å². The average Bonchev–Trinajstić information content (AvgIpc) is 2.67. The van der Waals surface area contributed by atoms with E-state index >= 15 is 0 Å². The van der Waals surface area contributed by atoms with Crippen molar-refractivity contribution < 1.29 is 14.6 Å². The van der Waals surface area contributed by atoms with Crippen LogP contribution in [0.15, 0.2) is 48.0 Å². The Bertz CT molecular complexity index is 774. The monoisotopic (exact) mass is 434 g/mol. The largest absolute Gasteiger partial charge is 0.147 e. The summed E-state index contributed by atoms with van der Waals surface area (Å²) in [6.07, 6.45) is 1.55. The van der Waals surface area contributed by atoms with Crippen LogP contribution in [0.3, 0.4) is 0 Å². The third-order valence-corrected chi connectivity index (χ3v) is 5.59. The molecule has 3 nitrogen and oxygen atoms in total. The summed E-state index contributed by atoms with van der Waals surface area (Å²) in [6, 6.07) is 14.6. The second kappa shape index (κ2) is 9.50. The Hall–Kier alpha value is -1.41. The number of hydrogen-bond donors (Lipinski definition) is 1. The fourth-order valence-corrected chi connectivity index (χ4v) is 4.61. The number of aliphatic hydroxyl groups excluding tert-OH is 1. The molecule has 0 fully saturated rings. The van der Waals surface area contributed by atoms with Gasteiger partial charge in [-0.15, -0.1) is 12.4 Å². The number of fused-ring (bicyclic) bond motifs is 1. The van der Waals surface area contributed by atoms with Crippen molar-refractivity contribution in [1.29, 1.82) is 0 Å². The van der Waals surface area contributed by atoms with Gasteiger partial charge in [0.25, 0.3) is 0 Å². The van der Waals surface area contributed by atoms with Crippen LogP contribution in [0.25, 0.3) is 5.57 Å². The Morgan fingerprint density at radius 2 is 1.81 bits per heavy atom. The molecule has 5 heteroatoms. The van der Waals surface area contributed by atoms with Gasteiger partial charge in [-0.1, -0.05) is 0 Å². The third-order valence-electron chi connectivity index (χ3n) is 4.93. The number of rotatable bonds is 6. The third kappa shape index (κ3) is 3.81. The number of benzene rings is 2. The molecule has 0 saturated carbocycles. The standard InChI is InChI=1S/C21H23AsO3.ClH/c1-24-20-9-8-15-18(21(20)25-2)12-17(14-6-4-3-5-7-14)16(10-11-23)19(15)13-22;/h3-9,17,23H,10-13H2,1-2H3;1H. The van der Waals surface area contributed by atoms with Gasteiger partial charge in [-0.25, -0.2) is 0 Å². The molecule has 0 bridgehead atoms. The fourth-order valence-electron chi connectivity index (χ4n) is 3.82. The predicted molar refractivity (Wildman–Crippen MR) is 109 cm³/mol. The zero-order chi connectivity index (χ0) is 17.8. The van der Waals surface area contributed by atoms with E-state index in [1.807, 2.05) is 12.1 Å². The van der Waals surface area contributed by atoms with Crippen molar-refractivity contribution in [1.82, 2.24) is 0 Å². The maximum Gasteiger partial charge on any atom is -0.147 e. The van der Waals surface area contributed by atoms with Gasteiger partial charge < -0.3 is 0 Å². The van der Waals surface area contributed by atoms with Gasteiger partial charge in [0.2, 0.25) is 0 Å². The first-order valence-electron chi connectivity index (χ1n) is 8.47. The molecule has 26 heavy (non-hydrogen) atoms. The first kappa shape index (κ1) is 20.9. The Morgan fingerprint density at radius 1 is 1.08 bits per heavy atom. The first-order valence-corrected chi connectivity index (χ1v) is 9.80. The van der Waals surface area contributed by atoms with E-state index in [2.05, 4.69) is 47.2 Å². The molecule has 1 aliphatic carbocycles. The molecule has 0 heterocycles. The minimum atomic E-state index is 0. The summed E-state index contributed by atoms with van der Waals surface area (Å²) in [7, 11) is 3.37. The van der Waals surface area contributed by atoms with Gasteiger partial charge >= 0.3 is 158 Å². The fraction of sp³-hybridized carbons (Fsp3) is 0.333. The zero-order valence-corrected chi connectivity index (χ0v) is 17.8. The molecule has 1 aliphatic rings. The van der Waals surface area contributed by atoms with E-state index < -0.39 is 0 Å². The van der Waals surface area contributed by atoms with Crippen LogP contribution in [0.4, 0.5) is 0 Å². The van der Waals surface area contributed by atoms with Crippen molar-refractivity contribution >= 4 is 34.8 Å². The summed E-state index contributed by atoms with van der Waals surface area (Å²) in [5.74, 6) is 1.84. The van der Waals surface area contributed by atoms with Crippen LogP contribution >= 0.6 is 12.4 Å². The number of methoxy groups -OCH3 is 2. The molecule has 2 aromatic carbocycles. The molecular formula is C21H24AsClO3. The Kier molecular flexibility index (Phi) is 7.64. The van der Waals surface area contributed by atoms with Crippen molar-refractivity contribution in [2.75, 3.05) is 20.8 Å². The molecule has 2 radical (unpaired) electrons. The number of hydrogen-bond acceptors (Lipinski definition) is 3. The SMILES string of the molecule is COc1ccc2c(c1OC)CC(c1ccccc1)C(CCO)=C2C[As].Cl. The van der Waals surface area contributed by atoms with E-state index in [0.29, 0.717) is 6.42 Å². The van der Waals surface area contributed by atoms with Gasteiger partial charge in [0.15, 0.2) is 0 Å². The number of aliphatic hydroxyl groups is 1. The van der Waals surface area contributed by atoms with Crippen molar-refractivity contribution in [2.45, 2.75) is 24.0 Å². The van der Waals surface area contributed by atoms with Crippen LogP contribution in [0.1, 0.15) is 29.0 Å².